The van der Waals surface area contributed by atoms with Gasteiger partial charge in [-0.15, -0.1) is 0 Å². The van der Waals surface area contributed by atoms with Crippen LogP contribution in [0.4, 0.5) is 0 Å². The molecule has 0 bridgehead atoms. The molecule has 3 nitrogen and oxygen atoms in total. The molecule has 2 fully saturated rings. The van der Waals surface area contributed by atoms with Crippen molar-refractivity contribution < 1.29 is 0 Å². The number of nitrogens with zero attached hydrogens (tertiary/aromatic N) is 2. The Labute approximate surface area is 122 Å². The first kappa shape index (κ1) is 14.0. The van der Waals surface area contributed by atoms with Crippen LogP contribution in [0.3, 0.4) is 0 Å². The molecule has 2 atom stereocenters. The quantitative estimate of drug-likeness (QED) is 0.914. The van der Waals surface area contributed by atoms with E-state index < -0.39 is 0 Å². The van der Waals surface area contributed by atoms with Crippen LogP contribution in [-0.2, 0) is 6.54 Å². The normalized spacial score (nSPS) is 31.4. The van der Waals surface area contributed by atoms with Gasteiger partial charge < -0.3 is 5.32 Å². The first-order valence-corrected chi connectivity index (χ1v) is 8.01. The van der Waals surface area contributed by atoms with E-state index in [0.29, 0.717) is 6.04 Å². The van der Waals surface area contributed by atoms with E-state index in [4.69, 9.17) is 0 Å². The zero-order valence-corrected chi connectivity index (χ0v) is 13.0. The van der Waals surface area contributed by atoms with Crippen molar-refractivity contribution in [2.75, 3.05) is 13.1 Å². The molecule has 110 valence electrons. The smallest absolute Gasteiger partial charge is 0.0573 e. The standard InChI is InChI=1S/C17H27N3/c1-4-17(3)12-19-16(14-7-8-14)11-20(17)10-15-13(2)6-5-9-18-15/h5-6,9,14,16,19H,4,7-8,10-12H2,1-3H3. The number of aryl methyl sites for hydroxylation is 1. The van der Waals surface area contributed by atoms with Crippen molar-refractivity contribution in [3.8, 4) is 0 Å². The Morgan fingerprint density at radius 1 is 1.45 bits per heavy atom. The summed E-state index contributed by atoms with van der Waals surface area (Å²) in [6.45, 7) is 10.1. The summed E-state index contributed by atoms with van der Waals surface area (Å²) in [5, 5.41) is 3.79. The molecule has 1 aromatic rings. The zero-order chi connectivity index (χ0) is 14.2. The molecule has 1 aliphatic carbocycles. The fourth-order valence-electron chi connectivity index (χ4n) is 3.27. The second-order valence-corrected chi connectivity index (χ2v) is 6.82. The Kier molecular flexibility index (Phi) is 3.83. The summed E-state index contributed by atoms with van der Waals surface area (Å²) in [7, 11) is 0. The highest BCUT2D eigenvalue weighted by Gasteiger charge is 2.41. The lowest BCUT2D eigenvalue weighted by atomic mass is 9.90. The number of aromatic nitrogens is 1. The Hall–Kier alpha value is -0.930. The highest BCUT2D eigenvalue weighted by Crippen LogP contribution is 2.36. The molecule has 1 saturated heterocycles. The Bertz CT molecular complexity index is 469. The minimum atomic E-state index is 0.259. The highest BCUT2D eigenvalue weighted by molar-refractivity contribution is 5.18. The van der Waals surface area contributed by atoms with Gasteiger partial charge in [-0.1, -0.05) is 13.0 Å². The molecule has 3 rings (SSSR count). The van der Waals surface area contributed by atoms with Crippen molar-refractivity contribution in [1.29, 1.82) is 0 Å². The third-order valence-electron chi connectivity index (χ3n) is 5.34. The van der Waals surface area contributed by atoms with Crippen LogP contribution in [-0.4, -0.2) is 34.6 Å². The van der Waals surface area contributed by atoms with Crippen molar-refractivity contribution in [1.82, 2.24) is 15.2 Å². The molecule has 0 radical (unpaired) electrons. The van der Waals surface area contributed by atoms with Gasteiger partial charge in [0, 0.05) is 37.4 Å². The summed E-state index contributed by atoms with van der Waals surface area (Å²) >= 11 is 0. The maximum atomic E-state index is 4.60. The maximum absolute atomic E-state index is 4.60. The minimum Gasteiger partial charge on any atom is -0.311 e. The fourth-order valence-corrected chi connectivity index (χ4v) is 3.27. The van der Waals surface area contributed by atoms with Gasteiger partial charge in [-0.3, -0.25) is 9.88 Å². The van der Waals surface area contributed by atoms with Crippen LogP contribution in [0.25, 0.3) is 0 Å². The SMILES string of the molecule is CCC1(C)CNC(C2CC2)CN1Cc1ncccc1C. The van der Waals surface area contributed by atoms with Gasteiger partial charge in [-0.2, -0.15) is 0 Å². The minimum absolute atomic E-state index is 0.259. The predicted octanol–water partition coefficient (Wildman–Crippen LogP) is 2.74. The fraction of sp³-hybridized carbons (Fsp3) is 0.706. The van der Waals surface area contributed by atoms with E-state index in [1.807, 2.05) is 12.3 Å². The molecular formula is C17H27N3. The molecule has 0 spiro atoms. The van der Waals surface area contributed by atoms with Gasteiger partial charge in [0.15, 0.2) is 0 Å². The molecule has 0 amide bonds. The maximum Gasteiger partial charge on any atom is 0.0573 e. The molecule has 1 aliphatic heterocycles. The van der Waals surface area contributed by atoms with E-state index in [0.717, 1.165) is 19.0 Å². The van der Waals surface area contributed by atoms with Crippen molar-refractivity contribution in [3.05, 3.63) is 29.6 Å². The van der Waals surface area contributed by atoms with Crippen LogP contribution >= 0.6 is 0 Å². The summed E-state index contributed by atoms with van der Waals surface area (Å²) in [4.78, 5) is 7.26. The molecular weight excluding hydrogens is 246 g/mol. The summed E-state index contributed by atoms with van der Waals surface area (Å²) in [6, 6.07) is 4.90. The van der Waals surface area contributed by atoms with Crippen LogP contribution < -0.4 is 5.32 Å². The summed E-state index contributed by atoms with van der Waals surface area (Å²) < 4.78 is 0. The monoisotopic (exact) mass is 273 g/mol. The first-order valence-electron chi connectivity index (χ1n) is 8.01. The van der Waals surface area contributed by atoms with Crippen LogP contribution in [0.15, 0.2) is 18.3 Å². The predicted molar refractivity (Wildman–Crippen MR) is 82.6 cm³/mol. The summed E-state index contributed by atoms with van der Waals surface area (Å²) in [5.41, 5.74) is 2.81. The topological polar surface area (TPSA) is 28.2 Å². The van der Waals surface area contributed by atoms with Crippen LogP contribution in [0.1, 0.15) is 44.4 Å². The number of rotatable bonds is 4. The second-order valence-electron chi connectivity index (χ2n) is 6.82. The third-order valence-corrected chi connectivity index (χ3v) is 5.34. The van der Waals surface area contributed by atoms with Gasteiger partial charge >= 0.3 is 0 Å². The lowest BCUT2D eigenvalue weighted by Crippen LogP contribution is -2.63. The first-order chi connectivity index (χ1) is 9.62. The van der Waals surface area contributed by atoms with E-state index in [1.54, 1.807) is 0 Å². The molecule has 2 heterocycles. The highest BCUT2D eigenvalue weighted by atomic mass is 15.3. The number of pyridine rings is 1. The average Bonchev–Trinajstić information content (AvgIpc) is 3.28. The van der Waals surface area contributed by atoms with E-state index >= 15 is 0 Å². The van der Waals surface area contributed by atoms with Gasteiger partial charge in [0.25, 0.3) is 0 Å². The van der Waals surface area contributed by atoms with Crippen LogP contribution in [0, 0.1) is 12.8 Å². The van der Waals surface area contributed by atoms with Crippen molar-refractivity contribution in [2.45, 2.75) is 58.2 Å². The molecule has 0 aromatic carbocycles. The number of nitrogens with one attached hydrogen (secondary N) is 1. The van der Waals surface area contributed by atoms with Gasteiger partial charge in [-0.25, -0.2) is 0 Å². The Morgan fingerprint density at radius 3 is 2.90 bits per heavy atom. The van der Waals surface area contributed by atoms with Crippen molar-refractivity contribution in [3.63, 3.8) is 0 Å². The van der Waals surface area contributed by atoms with Gasteiger partial charge in [0.05, 0.1) is 5.69 Å². The lowest BCUT2D eigenvalue weighted by molar-refractivity contribution is 0.0357. The Morgan fingerprint density at radius 2 is 2.25 bits per heavy atom. The molecule has 20 heavy (non-hydrogen) atoms. The van der Waals surface area contributed by atoms with Crippen LogP contribution in [0.5, 0.6) is 0 Å². The van der Waals surface area contributed by atoms with Gasteiger partial charge in [0.1, 0.15) is 0 Å². The van der Waals surface area contributed by atoms with E-state index in [-0.39, 0.29) is 5.54 Å². The Balaban J connectivity index is 1.77. The molecule has 1 aromatic heterocycles. The number of hydrogen-bond donors (Lipinski definition) is 1. The van der Waals surface area contributed by atoms with Gasteiger partial charge in [0.2, 0.25) is 0 Å². The summed E-state index contributed by atoms with van der Waals surface area (Å²) in [6.07, 6.45) is 5.93. The molecule has 3 heteroatoms. The van der Waals surface area contributed by atoms with Crippen molar-refractivity contribution in [2.24, 2.45) is 5.92 Å². The lowest BCUT2D eigenvalue weighted by Gasteiger charge is -2.48. The summed E-state index contributed by atoms with van der Waals surface area (Å²) in [5.74, 6) is 0.920. The average molecular weight is 273 g/mol. The van der Waals surface area contributed by atoms with Crippen LogP contribution in [0.2, 0.25) is 0 Å². The molecule has 1 N–H and O–H groups in total. The zero-order valence-electron chi connectivity index (χ0n) is 13.0. The van der Waals surface area contributed by atoms with E-state index in [9.17, 15) is 0 Å². The second kappa shape index (κ2) is 5.45. The number of hydrogen-bond acceptors (Lipinski definition) is 3. The molecule has 1 saturated carbocycles. The van der Waals surface area contributed by atoms with Crippen molar-refractivity contribution >= 4 is 0 Å². The third kappa shape index (κ3) is 2.75. The molecule has 2 unspecified atom stereocenters. The van der Waals surface area contributed by atoms with E-state index in [1.165, 1.54) is 37.1 Å². The van der Waals surface area contributed by atoms with E-state index in [2.05, 4.69) is 42.0 Å². The van der Waals surface area contributed by atoms with Gasteiger partial charge in [-0.05, 0) is 50.7 Å². The number of piperazine rings is 1. The molecule has 2 aliphatic rings. The largest absolute Gasteiger partial charge is 0.311 e.